The van der Waals surface area contributed by atoms with Gasteiger partial charge in [-0.05, 0) is 30.9 Å². The Kier molecular flexibility index (Phi) is 5.37. The molecule has 0 amide bonds. The van der Waals surface area contributed by atoms with Crippen LogP contribution in [-0.4, -0.2) is 43.2 Å². The van der Waals surface area contributed by atoms with Crippen molar-refractivity contribution in [3.8, 4) is 0 Å². The van der Waals surface area contributed by atoms with Crippen molar-refractivity contribution in [2.75, 3.05) is 20.1 Å². The lowest BCUT2D eigenvalue weighted by molar-refractivity contribution is 0.240. The molecule has 0 spiro atoms. The maximum atomic E-state index is 12.8. The zero-order valence-corrected chi connectivity index (χ0v) is 13.6. The highest BCUT2D eigenvalue weighted by Crippen LogP contribution is 2.23. The fourth-order valence-corrected chi connectivity index (χ4v) is 4.39. The van der Waals surface area contributed by atoms with E-state index in [-0.39, 0.29) is 6.04 Å². The third-order valence-corrected chi connectivity index (χ3v) is 6.18. The lowest BCUT2D eigenvalue weighted by Gasteiger charge is -2.36. The predicted octanol–water partition coefficient (Wildman–Crippen LogP) is 1.48. The zero-order chi connectivity index (χ0) is 15.5. The van der Waals surface area contributed by atoms with Gasteiger partial charge in [0, 0.05) is 32.7 Å². The van der Waals surface area contributed by atoms with Crippen molar-refractivity contribution in [1.29, 1.82) is 0 Å². The molecule has 2 N–H and O–H groups in total. The topological polar surface area (TPSA) is 66.6 Å². The summed E-state index contributed by atoms with van der Waals surface area (Å²) in [6.45, 7) is 3.35. The Labute approximate surface area is 127 Å². The van der Waals surface area contributed by atoms with Crippen LogP contribution in [-0.2, 0) is 16.8 Å². The van der Waals surface area contributed by atoms with Crippen molar-refractivity contribution in [3.63, 3.8) is 0 Å². The van der Waals surface area contributed by atoms with Gasteiger partial charge in [0.25, 0.3) is 10.2 Å². The fourth-order valence-electron chi connectivity index (χ4n) is 2.80. The molecule has 118 valence electrons. The Balaban J connectivity index is 2.16. The number of rotatable bonds is 5. The first-order valence-corrected chi connectivity index (χ1v) is 8.84. The molecule has 1 unspecified atom stereocenters. The first-order valence-electron chi connectivity index (χ1n) is 7.44. The largest absolute Gasteiger partial charge is 0.329 e. The summed E-state index contributed by atoms with van der Waals surface area (Å²) in [6.07, 6.45) is 2.82. The minimum atomic E-state index is -3.45. The van der Waals surface area contributed by atoms with Crippen LogP contribution in [0.2, 0.25) is 0 Å². The third kappa shape index (κ3) is 3.63. The summed E-state index contributed by atoms with van der Waals surface area (Å²) in [5.41, 5.74) is 7.88. The van der Waals surface area contributed by atoms with E-state index in [9.17, 15) is 8.42 Å². The SMILES string of the molecule is Cc1ccccc1CN(C)S(=O)(=O)N1CCCCC1CN. The van der Waals surface area contributed by atoms with Crippen LogP contribution in [0.15, 0.2) is 24.3 Å². The molecule has 21 heavy (non-hydrogen) atoms. The second kappa shape index (κ2) is 6.87. The molecule has 0 saturated carbocycles. The first kappa shape index (κ1) is 16.4. The Hall–Kier alpha value is -0.950. The molecule has 1 fully saturated rings. The Morgan fingerprint density at radius 2 is 2.05 bits per heavy atom. The normalized spacial score (nSPS) is 20.9. The van der Waals surface area contributed by atoms with Crippen LogP contribution in [0.4, 0.5) is 0 Å². The number of nitrogens with two attached hydrogens (primary N) is 1. The van der Waals surface area contributed by atoms with Gasteiger partial charge in [-0.25, -0.2) is 0 Å². The molecular formula is C15H25N3O2S. The Morgan fingerprint density at radius 1 is 1.33 bits per heavy atom. The molecule has 1 aromatic rings. The summed E-state index contributed by atoms with van der Waals surface area (Å²) in [7, 11) is -1.81. The van der Waals surface area contributed by atoms with Crippen molar-refractivity contribution in [1.82, 2.24) is 8.61 Å². The third-order valence-electron chi connectivity index (χ3n) is 4.19. The van der Waals surface area contributed by atoms with E-state index in [0.29, 0.717) is 19.6 Å². The molecule has 5 nitrogen and oxygen atoms in total. The summed E-state index contributed by atoms with van der Waals surface area (Å²) in [6, 6.07) is 7.80. The van der Waals surface area contributed by atoms with E-state index in [2.05, 4.69) is 0 Å². The van der Waals surface area contributed by atoms with Gasteiger partial charge in [0.1, 0.15) is 0 Å². The van der Waals surface area contributed by atoms with Crippen molar-refractivity contribution in [2.45, 2.75) is 38.8 Å². The predicted molar refractivity (Wildman–Crippen MR) is 85.0 cm³/mol. The average Bonchev–Trinajstić information content (AvgIpc) is 2.49. The Morgan fingerprint density at radius 3 is 2.71 bits per heavy atom. The van der Waals surface area contributed by atoms with Gasteiger partial charge < -0.3 is 5.73 Å². The van der Waals surface area contributed by atoms with Gasteiger partial charge in [0.2, 0.25) is 0 Å². The number of benzene rings is 1. The van der Waals surface area contributed by atoms with Crippen molar-refractivity contribution >= 4 is 10.2 Å². The summed E-state index contributed by atoms with van der Waals surface area (Å²) >= 11 is 0. The first-order chi connectivity index (χ1) is 9.96. The fraction of sp³-hybridized carbons (Fsp3) is 0.600. The molecule has 0 aliphatic carbocycles. The second-order valence-electron chi connectivity index (χ2n) is 5.69. The minimum absolute atomic E-state index is 0.0666. The van der Waals surface area contributed by atoms with E-state index in [4.69, 9.17) is 5.73 Å². The van der Waals surface area contributed by atoms with E-state index in [1.807, 2.05) is 31.2 Å². The lowest BCUT2D eigenvalue weighted by atomic mass is 10.1. The quantitative estimate of drug-likeness (QED) is 0.896. The molecule has 1 heterocycles. The van der Waals surface area contributed by atoms with Crippen LogP contribution in [0, 0.1) is 6.92 Å². The van der Waals surface area contributed by atoms with Gasteiger partial charge in [-0.15, -0.1) is 0 Å². The zero-order valence-electron chi connectivity index (χ0n) is 12.8. The minimum Gasteiger partial charge on any atom is -0.329 e. The monoisotopic (exact) mass is 311 g/mol. The number of hydrogen-bond acceptors (Lipinski definition) is 3. The molecule has 1 saturated heterocycles. The molecule has 1 atom stereocenters. The molecular weight excluding hydrogens is 286 g/mol. The van der Waals surface area contributed by atoms with Crippen molar-refractivity contribution in [3.05, 3.63) is 35.4 Å². The van der Waals surface area contributed by atoms with Crippen LogP contribution in [0.5, 0.6) is 0 Å². The van der Waals surface area contributed by atoms with Gasteiger partial charge in [-0.2, -0.15) is 17.0 Å². The van der Waals surface area contributed by atoms with Crippen LogP contribution >= 0.6 is 0 Å². The van der Waals surface area contributed by atoms with Crippen molar-refractivity contribution in [2.24, 2.45) is 5.73 Å². The smallest absolute Gasteiger partial charge is 0.282 e. The van der Waals surface area contributed by atoms with Gasteiger partial charge in [-0.3, -0.25) is 0 Å². The van der Waals surface area contributed by atoms with E-state index >= 15 is 0 Å². The highest BCUT2D eigenvalue weighted by Gasteiger charge is 2.34. The summed E-state index contributed by atoms with van der Waals surface area (Å²) in [5.74, 6) is 0. The van der Waals surface area contributed by atoms with Crippen LogP contribution in [0.3, 0.4) is 0 Å². The van der Waals surface area contributed by atoms with Crippen molar-refractivity contribution < 1.29 is 8.42 Å². The second-order valence-corrected chi connectivity index (χ2v) is 7.67. The maximum absolute atomic E-state index is 12.8. The highest BCUT2D eigenvalue weighted by atomic mass is 32.2. The number of nitrogens with zero attached hydrogens (tertiary/aromatic N) is 2. The lowest BCUT2D eigenvalue weighted by Crippen LogP contribution is -2.51. The number of hydrogen-bond donors (Lipinski definition) is 1. The van der Waals surface area contributed by atoms with Gasteiger partial charge in [0.05, 0.1) is 0 Å². The molecule has 1 aromatic carbocycles. The van der Waals surface area contributed by atoms with Gasteiger partial charge >= 0.3 is 0 Å². The summed E-state index contributed by atoms with van der Waals surface area (Å²) in [5, 5.41) is 0. The van der Waals surface area contributed by atoms with E-state index in [1.54, 1.807) is 11.4 Å². The van der Waals surface area contributed by atoms with Crippen LogP contribution in [0.1, 0.15) is 30.4 Å². The molecule has 0 aromatic heterocycles. The van der Waals surface area contributed by atoms with Gasteiger partial charge in [0.15, 0.2) is 0 Å². The maximum Gasteiger partial charge on any atom is 0.282 e. The van der Waals surface area contributed by atoms with Crippen LogP contribution in [0.25, 0.3) is 0 Å². The van der Waals surface area contributed by atoms with E-state index in [0.717, 1.165) is 30.4 Å². The summed E-state index contributed by atoms with van der Waals surface area (Å²) < 4.78 is 28.5. The van der Waals surface area contributed by atoms with Gasteiger partial charge in [-0.1, -0.05) is 30.7 Å². The van der Waals surface area contributed by atoms with E-state index < -0.39 is 10.2 Å². The Bertz CT molecular complexity index is 574. The standard InChI is InChI=1S/C15H25N3O2S/c1-13-7-3-4-8-14(13)12-17(2)21(19,20)18-10-6-5-9-15(18)11-16/h3-4,7-8,15H,5-6,9-12,16H2,1-2H3. The number of aryl methyl sites for hydroxylation is 1. The molecule has 0 radical (unpaired) electrons. The molecule has 1 aliphatic heterocycles. The van der Waals surface area contributed by atoms with E-state index in [1.165, 1.54) is 4.31 Å². The number of piperidine rings is 1. The molecule has 1 aliphatic rings. The molecule has 2 rings (SSSR count). The molecule has 6 heteroatoms. The van der Waals surface area contributed by atoms with Crippen LogP contribution < -0.4 is 5.73 Å². The summed E-state index contributed by atoms with van der Waals surface area (Å²) in [4.78, 5) is 0. The molecule has 0 bridgehead atoms. The average molecular weight is 311 g/mol. The highest BCUT2D eigenvalue weighted by molar-refractivity contribution is 7.86.